The van der Waals surface area contributed by atoms with Crippen molar-refractivity contribution in [3.63, 3.8) is 0 Å². The fraction of sp³-hybridized carbons (Fsp3) is 0.154. The summed E-state index contributed by atoms with van der Waals surface area (Å²) in [5.74, 6) is -2.18. The Morgan fingerprint density at radius 2 is 2.00 bits per heavy atom. The van der Waals surface area contributed by atoms with Crippen LogP contribution in [0.25, 0.3) is 10.9 Å². The highest BCUT2D eigenvalue weighted by Crippen LogP contribution is 2.23. The van der Waals surface area contributed by atoms with Crippen molar-refractivity contribution in [2.75, 3.05) is 0 Å². The number of benzene rings is 1. The van der Waals surface area contributed by atoms with Crippen molar-refractivity contribution >= 4 is 22.9 Å². The quantitative estimate of drug-likeness (QED) is 0.737. The van der Waals surface area contributed by atoms with Gasteiger partial charge in [0.2, 0.25) is 0 Å². The first-order chi connectivity index (χ1) is 9.02. The number of carbonyl (C=O) groups is 1. The van der Waals surface area contributed by atoms with Crippen LogP contribution in [0, 0.1) is 11.6 Å². The largest absolute Gasteiger partial charge is 0.298 e. The third-order valence-electron chi connectivity index (χ3n) is 3.13. The molecule has 2 aromatic rings. The van der Waals surface area contributed by atoms with Crippen molar-refractivity contribution in [3.05, 3.63) is 45.2 Å². The zero-order valence-corrected chi connectivity index (χ0v) is 9.91. The van der Waals surface area contributed by atoms with E-state index in [0.29, 0.717) is 24.1 Å². The zero-order chi connectivity index (χ0) is 13.7. The van der Waals surface area contributed by atoms with Gasteiger partial charge < -0.3 is 0 Å². The predicted molar refractivity (Wildman–Crippen MR) is 65.7 cm³/mol. The van der Waals surface area contributed by atoms with Gasteiger partial charge in [0.05, 0.1) is 22.2 Å². The van der Waals surface area contributed by atoms with E-state index in [1.54, 1.807) is 6.92 Å². The SMILES string of the molecule is CC1=Nn2c(c(C=O)c(=O)c3cc(F)c(F)cc32)C1. The molecular weight excluding hydrogens is 254 g/mol. The second-order valence-electron chi connectivity index (χ2n) is 4.41. The molecule has 96 valence electrons. The smallest absolute Gasteiger partial charge is 0.200 e. The molecule has 4 nitrogen and oxygen atoms in total. The summed E-state index contributed by atoms with van der Waals surface area (Å²) in [7, 11) is 0. The first-order valence-corrected chi connectivity index (χ1v) is 5.59. The minimum Gasteiger partial charge on any atom is -0.298 e. The lowest BCUT2D eigenvalue weighted by Gasteiger charge is -2.09. The van der Waals surface area contributed by atoms with Crippen LogP contribution in [0.2, 0.25) is 0 Å². The summed E-state index contributed by atoms with van der Waals surface area (Å²) < 4.78 is 27.9. The highest BCUT2D eigenvalue weighted by Gasteiger charge is 2.22. The van der Waals surface area contributed by atoms with Gasteiger partial charge in [-0.3, -0.25) is 9.59 Å². The lowest BCUT2D eigenvalue weighted by atomic mass is 10.1. The highest BCUT2D eigenvalue weighted by molar-refractivity contribution is 5.94. The van der Waals surface area contributed by atoms with Gasteiger partial charge in [-0.2, -0.15) is 5.10 Å². The summed E-state index contributed by atoms with van der Waals surface area (Å²) in [5, 5.41) is 4.09. The Morgan fingerprint density at radius 3 is 2.68 bits per heavy atom. The van der Waals surface area contributed by atoms with Gasteiger partial charge in [0, 0.05) is 18.2 Å². The second kappa shape index (κ2) is 3.81. The zero-order valence-electron chi connectivity index (χ0n) is 9.91. The van der Waals surface area contributed by atoms with E-state index in [2.05, 4.69) is 5.10 Å². The van der Waals surface area contributed by atoms with E-state index in [-0.39, 0.29) is 16.5 Å². The molecule has 19 heavy (non-hydrogen) atoms. The molecule has 1 aliphatic rings. The molecule has 0 amide bonds. The normalized spacial score (nSPS) is 13.5. The van der Waals surface area contributed by atoms with Crippen LogP contribution in [-0.4, -0.2) is 16.7 Å². The average molecular weight is 262 g/mol. The van der Waals surface area contributed by atoms with Crippen LogP contribution in [0.5, 0.6) is 0 Å². The number of rotatable bonds is 1. The van der Waals surface area contributed by atoms with Gasteiger partial charge in [-0.1, -0.05) is 0 Å². The molecule has 0 saturated carbocycles. The first kappa shape index (κ1) is 11.7. The number of halogens is 2. The molecule has 2 heterocycles. The lowest BCUT2D eigenvalue weighted by molar-refractivity contribution is 0.112. The molecule has 0 saturated heterocycles. The minimum atomic E-state index is -1.12. The summed E-state index contributed by atoms with van der Waals surface area (Å²) in [5.41, 5.74) is 0.622. The topological polar surface area (TPSA) is 51.4 Å². The molecule has 0 aliphatic carbocycles. The number of hydrogen-bond acceptors (Lipinski definition) is 3. The third kappa shape index (κ3) is 1.53. The Hall–Kier alpha value is -2.37. The fourth-order valence-electron chi connectivity index (χ4n) is 2.28. The number of pyridine rings is 1. The molecule has 1 aliphatic heterocycles. The van der Waals surface area contributed by atoms with E-state index in [4.69, 9.17) is 0 Å². The van der Waals surface area contributed by atoms with Crippen molar-refractivity contribution in [1.82, 2.24) is 4.68 Å². The van der Waals surface area contributed by atoms with Crippen LogP contribution in [0.1, 0.15) is 23.0 Å². The van der Waals surface area contributed by atoms with Crippen molar-refractivity contribution < 1.29 is 13.6 Å². The van der Waals surface area contributed by atoms with Gasteiger partial charge in [0.15, 0.2) is 23.3 Å². The molecule has 0 unspecified atom stereocenters. The molecule has 6 heteroatoms. The van der Waals surface area contributed by atoms with Crippen LogP contribution in [0.15, 0.2) is 22.0 Å². The van der Waals surface area contributed by atoms with Gasteiger partial charge in [0.25, 0.3) is 0 Å². The monoisotopic (exact) mass is 262 g/mol. The van der Waals surface area contributed by atoms with Crippen molar-refractivity contribution in [1.29, 1.82) is 0 Å². The van der Waals surface area contributed by atoms with Gasteiger partial charge in [0.1, 0.15) is 0 Å². The molecule has 0 N–H and O–H groups in total. The Balaban J connectivity index is 2.57. The van der Waals surface area contributed by atoms with Gasteiger partial charge >= 0.3 is 0 Å². The molecule has 0 fully saturated rings. The molecule has 3 rings (SSSR count). The summed E-state index contributed by atoms with van der Waals surface area (Å²) in [6, 6.07) is 1.72. The third-order valence-corrected chi connectivity index (χ3v) is 3.13. The Bertz CT molecular complexity index is 822. The van der Waals surface area contributed by atoms with Gasteiger partial charge in [-0.15, -0.1) is 0 Å². The van der Waals surface area contributed by atoms with Crippen LogP contribution >= 0.6 is 0 Å². The average Bonchev–Trinajstić information content (AvgIpc) is 2.74. The Labute approximate surface area is 106 Å². The summed E-state index contributed by atoms with van der Waals surface area (Å²) in [6.07, 6.45) is 0.779. The van der Waals surface area contributed by atoms with Crippen LogP contribution < -0.4 is 5.43 Å². The minimum absolute atomic E-state index is 0.0526. The van der Waals surface area contributed by atoms with E-state index in [1.165, 1.54) is 4.68 Å². The van der Waals surface area contributed by atoms with E-state index < -0.39 is 17.1 Å². The van der Waals surface area contributed by atoms with Crippen LogP contribution in [-0.2, 0) is 6.42 Å². The molecule has 1 aromatic heterocycles. The molecule has 0 spiro atoms. The maximum absolute atomic E-state index is 13.3. The van der Waals surface area contributed by atoms with Gasteiger partial charge in [-0.05, 0) is 13.0 Å². The maximum Gasteiger partial charge on any atom is 0.200 e. The summed E-state index contributed by atoms with van der Waals surface area (Å²) >= 11 is 0. The molecule has 1 aromatic carbocycles. The molecular formula is C13H8F2N2O2. The summed E-state index contributed by atoms with van der Waals surface area (Å²) in [6.45, 7) is 1.73. The molecule has 0 radical (unpaired) electrons. The number of aromatic nitrogens is 1. The standard InChI is InChI=1S/C13H8F2N2O2/c1-6-2-11-8(5-18)13(19)7-3-9(14)10(15)4-12(7)17(11)16-6/h3-5H,2H2,1H3. The molecule has 0 bridgehead atoms. The van der Waals surface area contributed by atoms with E-state index in [9.17, 15) is 18.4 Å². The number of nitrogens with zero attached hydrogens (tertiary/aromatic N) is 2. The predicted octanol–water partition coefficient (Wildman–Crippen LogP) is 1.87. The first-order valence-electron chi connectivity index (χ1n) is 5.59. The van der Waals surface area contributed by atoms with Crippen molar-refractivity contribution in [2.24, 2.45) is 5.10 Å². The van der Waals surface area contributed by atoms with Crippen molar-refractivity contribution in [3.8, 4) is 0 Å². The fourth-order valence-corrected chi connectivity index (χ4v) is 2.28. The van der Waals surface area contributed by atoms with E-state index >= 15 is 0 Å². The Kier molecular flexibility index (Phi) is 2.35. The lowest BCUT2D eigenvalue weighted by Crippen LogP contribution is -2.17. The van der Waals surface area contributed by atoms with Gasteiger partial charge in [-0.25, -0.2) is 13.5 Å². The second-order valence-corrected chi connectivity index (χ2v) is 4.41. The van der Waals surface area contributed by atoms with Crippen molar-refractivity contribution in [2.45, 2.75) is 13.3 Å². The highest BCUT2D eigenvalue weighted by atomic mass is 19.2. The van der Waals surface area contributed by atoms with Crippen LogP contribution in [0.3, 0.4) is 0 Å². The number of aldehydes is 1. The maximum atomic E-state index is 13.3. The van der Waals surface area contributed by atoms with E-state index in [1.807, 2.05) is 0 Å². The number of fused-ring (bicyclic) bond motifs is 3. The van der Waals surface area contributed by atoms with E-state index in [0.717, 1.165) is 12.1 Å². The van der Waals surface area contributed by atoms with Crippen LogP contribution in [0.4, 0.5) is 8.78 Å². The number of carbonyl (C=O) groups excluding carboxylic acids is 1. The number of hydrogen-bond donors (Lipinski definition) is 0. The summed E-state index contributed by atoms with van der Waals surface area (Å²) in [4.78, 5) is 23.2. The molecule has 0 atom stereocenters. The Morgan fingerprint density at radius 1 is 1.32 bits per heavy atom.